The molecule has 0 saturated heterocycles. The van der Waals surface area contributed by atoms with Gasteiger partial charge in [-0.2, -0.15) is 0 Å². The van der Waals surface area contributed by atoms with Crippen LogP contribution in [0.3, 0.4) is 0 Å². The van der Waals surface area contributed by atoms with Crippen molar-refractivity contribution < 1.29 is 80.2 Å². The molecule has 0 aliphatic carbocycles. The zero-order valence-corrected chi connectivity index (χ0v) is 63.4. The molecular formula is C77H144O17P2. The molecule has 2 unspecified atom stereocenters. The smallest absolute Gasteiger partial charge is 0.462 e. The quantitative estimate of drug-likeness (QED) is 0.0169. The molecule has 0 amide bonds. The van der Waals surface area contributed by atoms with E-state index in [4.69, 9.17) is 37.0 Å². The van der Waals surface area contributed by atoms with Gasteiger partial charge in [0.15, 0.2) is 12.2 Å². The Balaban J connectivity index is 5.31. The van der Waals surface area contributed by atoms with Crippen molar-refractivity contribution in [2.75, 3.05) is 39.6 Å². The van der Waals surface area contributed by atoms with E-state index >= 15 is 0 Å². The van der Waals surface area contributed by atoms with E-state index in [-0.39, 0.29) is 25.7 Å². The first-order valence-electron chi connectivity index (χ1n) is 39.2. The summed E-state index contributed by atoms with van der Waals surface area (Å²) in [5, 5.41) is 10.6. The predicted octanol–water partition coefficient (Wildman–Crippen LogP) is 22.3. The molecule has 0 aromatic rings. The molecule has 96 heavy (non-hydrogen) atoms. The summed E-state index contributed by atoms with van der Waals surface area (Å²) in [4.78, 5) is 72.8. The van der Waals surface area contributed by atoms with E-state index in [1.807, 2.05) is 0 Å². The molecule has 0 saturated carbocycles. The average molecular weight is 1400 g/mol. The number of rotatable bonds is 75. The van der Waals surface area contributed by atoms with Crippen molar-refractivity contribution >= 4 is 39.5 Å². The van der Waals surface area contributed by atoms with Crippen LogP contribution in [-0.4, -0.2) is 96.7 Å². The van der Waals surface area contributed by atoms with Crippen LogP contribution < -0.4 is 0 Å². The largest absolute Gasteiger partial charge is 0.472 e. The first-order valence-corrected chi connectivity index (χ1v) is 42.2. The molecule has 0 aliphatic rings. The van der Waals surface area contributed by atoms with E-state index in [9.17, 15) is 43.2 Å². The lowest BCUT2D eigenvalue weighted by atomic mass is 10.0. The van der Waals surface area contributed by atoms with E-state index in [0.717, 1.165) is 128 Å². The number of unbranched alkanes of at least 4 members (excludes halogenated alkanes) is 43. The Labute approximate surface area is 585 Å². The zero-order valence-electron chi connectivity index (χ0n) is 61.6. The van der Waals surface area contributed by atoms with E-state index in [1.54, 1.807) is 0 Å². The van der Waals surface area contributed by atoms with Gasteiger partial charge in [0.05, 0.1) is 26.4 Å². The van der Waals surface area contributed by atoms with Crippen LogP contribution >= 0.6 is 15.6 Å². The second kappa shape index (κ2) is 70.7. The van der Waals surface area contributed by atoms with E-state index in [0.29, 0.717) is 25.7 Å². The molecular weight excluding hydrogens is 1260 g/mol. The maximum absolute atomic E-state index is 13.1. The fraction of sp³-hybridized carbons (Fsp3) is 0.870. The molecule has 17 nitrogen and oxygen atoms in total. The molecule has 0 aromatic heterocycles. The molecule has 3 N–H and O–H groups in total. The summed E-state index contributed by atoms with van der Waals surface area (Å²) in [6.45, 7) is 4.90. The summed E-state index contributed by atoms with van der Waals surface area (Å²) in [6.07, 6.45) is 65.5. The number of ether oxygens (including phenoxy) is 4. The third-order valence-corrected chi connectivity index (χ3v) is 19.0. The van der Waals surface area contributed by atoms with Gasteiger partial charge in [0, 0.05) is 25.7 Å². The lowest BCUT2D eigenvalue weighted by Crippen LogP contribution is -2.30. The van der Waals surface area contributed by atoms with Gasteiger partial charge in [-0.3, -0.25) is 37.3 Å². The SMILES string of the molecule is CCCCC/C=C\C/C=C\CCCCCCCC(=O)O[C@H](COC(=O)CCCCCCCCCCCCCCC)COP(=O)(O)OC[C@H](O)COP(=O)(O)OC[C@@H](COC(=O)CCCCCCC/C=C\CCCCCCCC)OC(=O)CCCCCCCCCCCCCCC. The van der Waals surface area contributed by atoms with Gasteiger partial charge < -0.3 is 33.8 Å². The zero-order chi connectivity index (χ0) is 70.4. The number of phosphoric ester groups is 2. The van der Waals surface area contributed by atoms with Gasteiger partial charge in [0.25, 0.3) is 0 Å². The molecule has 0 fully saturated rings. The summed E-state index contributed by atoms with van der Waals surface area (Å²) in [5.74, 6) is -2.16. The van der Waals surface area contributed by atoms with E-state index in [2.05, 4.69) is 64.2 Å². The molecule has 0 aromatic carbocycles. The Hall–Kier alpha value is -2.72. The second-order valence-electron chi connectivity index (χ2n) is 26.7. The number of aliphatic hydroxyl groups is 1. The highest BCUT2D eigenvalue weighted by Gasteiger charge is 2.30. The molecule has 19 heteroatoms. The lowest BCUT2D eigenvalue weighted by Gasteiger charge is -2.21. The van der Waals surface area contributed by atoms with Crippen LogP contribution in [0.15, 0.2) is 36.5 Å². The van der Waals surface area contributed by atoms with Gasteiger partial charge in [-0.15, -0.1) is 0 Å². The Morgan fingerprint density at radius 2 is 0.510 bits per heavy atom. The van der Waals surface area contributed by atoms with Gasteiger partial charge in [0.2, 0.25) is 0 Å². The lowest BCUT2D eigenvalue weighted by molar-refractivity contribution is -0.161. The number of carbonyl (C=O) groups is 4. The van der Waals surface area contributed by atoms with Crippen LogP contribution in [0.4, 0.5) is 0 Å². The van der Waals surface area contributed by atoms with Crippen molar-refractivity contribution in [3.8, 4) is 0 Å². The molecule has 0 rings (SSSR count). The number of hydrogen-bond donors (Lipinski definition) is 3. The molecule has 0 spiro atoms. The predicted molar refractivity (Wildman–Crippen MR) is 391 cm³/mol. The van der Waals surface area contributed by atoms with Gasteiger partial charge >= 0.3 is 39.5 Å². The first kappa shape index (κ1) is 93.3. The number of hydrogen-bond acceptors (Lipinski definition) is 15. The van der Waals surface area contributed by atoms with Crippen molar-refractivity contribution in [1.29, 1.82) is 0 Å². The topological polar surface area (TPSA) is 237 Å². The molecule has 0 heterocycles. The normalized spacial score (nSPS) is 14.1. The summed E-state index contributed by atoms with van der Waals surface area (Å²) >= 11 is 0. The highest BCUT2D eigenvalue weighted by Crippen LogP contribution is 2.45. The third-order valence-electron chi connectivity index (χ3n) is 17.1. The maximum Gasteiger partial charge on any atom is 0.472 e. The van der Waals surface area contributed by atoms with Crippen LogP contribution in [0.2, 0.25) is 0 Å². The van der Waals surface area contributed by atoms with Gasteiger partial charge in [0.1, 0.15) is 19.3 Å². The second-order valence-corrected chi connectivity index (χ2v) is 29.6. The van der Waals surface area contributed by atoms with Crippen molar-refractivity contribution in [3.63, 3.8) is 0 Å². The Morgan fingerprint density at radius 3 is 0.802 bits per heavy atom. The van der Waals surface area contributed by atoms with Crippen LogP contribution in [0.1, 0.15) is 374 Å². The summed E-state index contributed by atoms with van der Waals surface area (Å²) in [7, 11) is -9.93. The number of esters is 4. The van der Waals surface area contributed by atoms with Crippen LogP contribution in [0.5, 0.6) is 0 Å². The minimum absolute atomic E-state index is 0.0862. The van der Waals surface area contributed by atoms with E-state index < -0.39 is 97.5 Å². The Kier molecular flexibility index (Phi) is 68.7. The number of phosphoric acid groups is 2. The number of carbonyl (C=O) groups excluding carboxylic acids is 4. The highest BCUT2D eigenvalue weighted by molar-refractivity contribution is 7.47. The molecule has 5 atom stereocenters. The Bertz CT molecular complexity index is 1970. The summed E-state index contributed by atoms with van der Waals surface area (Å²) in [6, 6.07) is 0. The highest BCUT2D eigenvalue weighted by atomic mass is 31.2. The minimum Gasteiger partial charge on any atom is -0.462 e. The maximum atomic E-state index is 13.1. The molecule has 0 radical (unpaired) electrons. The third kappa shape index (κ3) is 69.7. The first-order chi connectivity index (χ1) is 46.7. The van der Waals surface area contributed by atoms with Crippen molar-refractivity contribution in [1.82, 2.24) is 0 Å². The minimum atomic E-state index is -4.97. The van der Waals surface area contributed by atoms with Crippen molar-refractivity contribution in [3.05, 3.63) is 36.5 Å². The standard InChI is InChI=1S/C77H144O17P2/c1-5-9-13-17-21-25-29-33-35-39-42-46-50-54-58-62-75(80)88-68-72(93-76(81)63-59-55-51-47-43-38-32-28-24-20-16-12-8-4)69-91-95(83,84)89-65-71(78)66-90-96(85,86)92-70-73(67-87-74(79)61-57-53-49-45-41-37-31-27-23-19-15-11-7-3)94-77(82)64-60-56-52-48-44-40-36-34-30-26-22-18-14-10-6-2/h22,26,33-36,71-73,78H,5-21,23-25,27-32,37-70H2,1-4H3,(H,83,84)(H,85,86)/b26-22-,35-33-,36-34-/t71-,72-,73-/m1/s1. The fourth-order valence-corrected chi connectivity index (χ4v) is 12.7. The number of aliphatic hydroxyl groups excluding tert-OH is 1. The molecule has 564 valence electrons. The monoisotopic (exact) mass is 1400 g/mol. The summed E-state index contributed by atoms with van der Waals surface area (Å²) < 4.78 is 68.5. The molecule has 0 bridgehead atoms. The fourth-order valence-electron chi connectivity index (χ4n) is 11.1. The van der Waals surface area contributed by atoms with Crippen LogP contribution in [0, 0.1) is 0 Å². The van der Waals surface area contributed by atoms with Gasteiger partial charge in [-0.25, -0.2) is 9.13 Å². The van der Waals surface area contributed by atoms with Crippen LogP contribution in [-0.2, 0) is 65.4 Å². The van der Waals surface area contributed by atoms with Crippen molar-refractivity contribution in [2.24, 2.45) is 0 Å². The molecule has 0 aliphatic heterocycles. The van der Waals surface area contributed by atoms with Gasteiger partial charge in [-0.05, 0) is 83.5 Å². The average Bonchev–Trinajstić information content (AvgIpc) is 1.29. The van der Waals surface area contributed by atoms with Crippen molar-refractivity contribution in [2.45, 2.75) is 393 Å². The van der Waals surface area contributed by atoms with Gasteiger partial charge in [-0.1, -0.05) is 302 Å². The Morgan fingerprint density at radius 1 is 0.292 bits per heavy atom. The summed E-state index contributed by atoms with van der Waals surface area (Å²) in [5.41, 5.74) is 0. The van der Waals surface area contributed by atoms with E-state index in [1.165, 1.54) is 167 Å². The number of allylic oxidation sites excluding steroid dienone is 6. The van der Waals surface area contributed by atoms with Crippen LogP contribution in [0.25, 0.3) is 0 Å².